The molecule has 0 aromatic carbocycles. The maximum Gasteiger partial charge on any atom is 0.325 e. The molecule has 0 spiro atoms. The van der Waals surface area contributed by atoms with Crippen LogP contribution in [0, 0.1) is 0 Å². The molecule has 118 valence electrons. The van der Waals surface area contributed by atoms with Crippen LogP contribution in [0.25, 0.3) is 5.52 Å². The highest BCUT2D eigenvalue weighted by Crippen LogP contribution is 2.55. The number of hydrogen-bond acceptors (Lipinski definition) is 4. The zero-order valence-corrected chi connectivity index (χ0v) is 12.0. The summed E-state index contributed by atoms with van der Waals surface area (Å²) in [5.41, 5.74) is -0.453. The molecule has 7 nitrogen and oxygen atoms in total. The molecular weight excluding hydrogens is 298 g/mol. The van der Waals surface area contributed by atoms with Gasteiger partial charge in [-0.15, -0.1) is 0 Å². The van der Waals surface area contributed by atoms with Crippen LogP contribution in [0.2, 0.25) is 0 Å². The molecule has 9 heteroatoms. The maximum absolute atomic E-state index is 13.2. The minimum Gasteiger partial charge on any atom is -0.480 e. The van der Waals surface area contributed by atoms with Gasteiger partial charge in [-0.05, 0) is 6.07 Å². The topological polar surface area (TPSA) is 89.5 Å². The van der Waals surface area contributed by atoms with Crippen molar-refractivity contribution in [1.82, 2.24) is 19.4 Å². The van der Waals surface area contributed by atoms with Gasteiger partial charge < -0.3 is 5.11 Å². The van der Waals surface area contributed by atoms with Gasteiger partial charge in [-0.2, -0.15) is 10.2 Å². The quantitative estimate of drug-likeness (QED) is 0.917. The lowest BCUT2D eigenvalue weighted by atomic mass is 10.2. The smallest absolute Gasteiger partial charge is 0.325 e. The fourth-order valence-corrected chi connectivity index (χ4v) is 2.37. The number of fused-ring (bicyclic) bond motifs is 1. The van der Waals surface area contributed by atoms with E-state index in [-0.39, 0.29) is 23.5 Å². The summed E-state index contributed by atoms with van der Waals surface area (Å²) < 4.78 is 28.5. The molecule has 0 amide bonds. The van der Waals surface area contributed by atoms with E-state index in [0.717, 1.165) is 4.68 Å². The van der Waals surface area contributed by atoms with Crippen LogP contribution in [0.4, 0.5) is 8.78 Å². The zero-order valence-electron chi connectivity index (χ0n) is 12.0. The Labute approximate surface area is 123 Å². The summed E-state index contributed by atoms with van der Waals surface area (Å²) >= 11 is 0. The predicted octanol–water partition coefficient (Wildman–Crippen LogP) is 1.22. The van der Waals surface area contributed by atoms with Gasteiger partial charge >= 0.3 is 5.97 Å². The summed E-state index contributed by atoms with van der Waals surface area (Å²) in [6.07, 6.45) is -0.287. The summed E-state index contributed by atoms with van der Waals surface area (Å²) in [7, 11) is 0. The summed E-state index contributed by atoms with van der Waals surface area (Å²) in [4.78, 5) is 23.1. The molecule has 1 atom stereocenters. The fourth-order valence-electron chi connectivity index (χ4n) is 2.37. The number of nitrogens with zero attached hydrogens (tertiary/aromatic N) is 4. The normalized spacial score (nSPS) is 19.8. The zero-order chi connectivity index (χ0) is 16.2. The second-order valence-corrected chi connectivity index (χ2v) is 5.75. The van der Waals surface area contributed by atoms with E-state index in [1.54, 1.807) is 13.8 Å². The SMILES string of the molecule is CC(C)c1nn(CC(=O)O)c(=O)c2cc(C3CC3(F)F)nn12. The third-order valence-corrected chi connectivity index (χ3v) is 3.61. The molecule has 2 heterocycles. The molecule has 2 aromatic heterocycles. The summed E-state index contributed by atoms with van der Waals surface area (Å²) in [6, 6.07) is 1.31. The molecule has 1 N–H and O–H groups in total. The highest BCUT2D eigenvalue weighted by molar-refractivity contribution is 5.66. The number of carbonyl (C=O) groups is 1. The van der Waals surface area contributed by atoms with E-state index < -0.39 is 29.9 Å². The van der Waals surface area contributed by atoms with Gasteiger partial charge in [-0.3, -0.25) is 9.59 Å². The van der Waals surface area contributed by atoms with Gasteiger partial charge in [0.1, 0.15) is 12.1 Å². The summed E-state index contributed by atoms with van der Waals surface area (Å²) in [6.45, 7) is 3.00. The number of carboxylic acid groups (broad SMARTS) is 1. The Morgan fingerprint density at radius 2 is 2.14 bits per heavy atom. The highest BCUT2D eigenvalue weighted by Gasteiger charge is 2.59. The molecule has 0 saturated heterocycles. The first kappa shape index (κ1) is 14.6. The number of carboxylic acids is 1. The lowest BCUT2D eigenvalue weighted by Crippen LogP contribution is -2.30. The number of hydrogen-bond donors (Lipinski definition) is 1. The van der Waals surface area contributed by atoms with E-state index in [4.69, 9.17) is 5.11 Å². The van der Waals surface area contributed by atoms with Gasteiger partial charge in [-0.1, -0.05) is 13.8 Å². The molecule has 0 radical (unpaired) electrons. The lowest BCUT2D eigenvalue weighted by molar-refractivity contribution is -0.138. The van der Waals surface area contributed by atoms with Crippen molar-refractivity contribution in [1.29, 1.82) is 0 Å². The van der Waals surface area contributed by atoms with Crippen molar-refractivity contribution in [2.24, 2.45) is 0 Å². The van der Waals surface area contributed by atoms with Gasteiger partial charge in [0.25, 0.3) is 11.5 Å². The highest BCUT2D eigenvalue weighted by atomic mass is 19.3. The minimum absolute atomic E-state index is 0.0673. The third-order valence-electron chi connectivity index (χ3n) is 3.61. The van der Waals surface area contributed by atoms with Crippen LogP contribution in [0.3, 0.4) is 0 Å². The first-order valence-corrected chi connectivity index (χ1v) is 6.81. The number of aliphatic carboxylic acids is 1. The predicted molar refractivity (Wildman–Crippen MR) is 71.3 cm³/mol. The van der Waals surface area contributed by atoms with Crippen molar-refractivity contribution < 1.29 is 18.7 Å². The molecule has 1 unspecified atom stereocenters. The van der Waals surface area contributed by atoms with E-state index in [0.29, 0.717) is 5.82 Å². The van der Waals surface area contributed by atoms with Crippen LogP contribution in [-0.4, -0.2) is 36.4 Å². The van der Waals surface area contributed by atoms with Crippen molar-refractivity contribution >= 4 is 11.5 Å². The summed E-state index contributed by atoms with van der Waals surface area (Å²) in [5.74, 6) is -4.78. The Kier molecular flexibility index (Phi) is 3.05. The molecule has 1 aliphatic carbocycles. The van der Waals surface area contributed by atoms with Gasteiger partial charge in [0.15, 0.2) is 5.82 Å². The van der Waals surface area contributed by atoms with E-state index in [1.165, 1.54) is 10.6 Å². The molecule has 1 fully saturated rings. The van der Waals surface area contributed by atoms with Crippen LogP contribution in [0.1, 0.15) is 43.6 Å². The maximum atomic E-state index is 13.2. The van der Waals surface area contributed by atoms with Gasteiger partial charge in [0.05, 0.1) is 11.6 Å². The Morgan fingerprint density at radius 3 is 2.64 bits per heavy atom. The Balaban J connectivity index is 2.20. The number of aromatic nitrogens is 4. The van der Waals surface area contributed by atoms with Crippen molar-refractivity contribution in [3.8, 4) is 0 Å². The van der Waals surface area contributed by atoms with Crippen molar-refractivity contribution in [2.45, 2.75) is 44.6 Å². The Hall–Kier alpha value is -2.32. The Morgan fingerprint density at radius 1 is 1.50 bits per heavy atom. The van der Waals surface area contributed by atoms with Crippen LogP contribution in [0.5, 0.6) is 0 Å². The van der Waals surface area contributed by atoms with E-state index in [9.17, 15) is 18.4 Å². The molecular formula is C13H14F2N4O3. The van der Waals surface area contributed by atoms with Gasteiger partial charge in [0.2, 0.25) is 0 Å². The minimum atomic E-state index is -2.79. The summed E-state index contributed by atoms with van der Waals surface area (Å²) in [5, 5.41) is 16.9. The first-order chi connectivity index (χ1) is 10.2. The number of alkyl halides is 2. The third kappa shape index (κ3) is 2.26. The van der Waals surface area contributed by atoms with E-state index in [1.807, 2.05) is 0 Å². The van der Waals surface area contributed by atoms with Crippen LogP contribution in [0.15, 0.2) is 10.9 Å². The Bertz CT molecular complexity index is 825. The molecule has 22 heavy (non-hydrogen) atoms. The number of rotatable bonds is 4. The van der Waals surface area contributed by atoms with E-state index in [2.05, 4.69) is 10.2 Å². The van der Waals surface area contributed by atoms with Crippen LogP contribution < -0.4 is 5.56 Å². The second-order valence-electron chi connectivity index (χ2n) is 5.75. The molecule has 0 bridgehead atoms. The molecule has 2 aromatic rings. The van der Waals surface area contributed by atoms with E-state index >= 15 is 0 Å². The first-order valence-electron chi connectivity index (χ1n) is 6.81. The van der Waals surface area contributed by atoms with Gasteiger partial charge in [-0.25, -0.2) is 18.0 Å². The monoisotopic (exact) mass is 312 g/mol. The van der Waals surface area contributed by atoms with Gasteiger partial charge in [0, 0.05) is 12.3 Å². The number of halogens is 2. The average Bonchev–Trinajstić information content (AvgIpc) is 2.84. The molecule has 0 aliphatic heterocycles. The van der Waals surface area contributed by atoms with Crippen molar-refractivity contribution in [3.05, 3.63) is 27.9 Å². The van der Waals surface area contributed by atoms with Crippen LogP contribution >= 0.6 is 0 Å². The second kappa shape index (κ2) is 4.59. The van der Waals surface area contributed by atoms with Crippen LogP contribution in [-0.2, 0) is 11.3 Å². The van der Waals surface area contributed by atoms with Crippen molar-refractivity contribution in [3.63, 3.8) is 0 Å². The standard InChI is InChI=1S/C13H14F2N4O3/c1-6(2)11-17-18(5-10(20)21)12(22)9-3-8(16-19(9)11)7-4-13(7,14)15/h3,6-7H,4-5H2,1-2H3,(H,20,21). The molecule has 1 aliphatic rings. The molecule has 1 saturated carbocycles. The molecule has 3 rings (SSSR count). The lowest BCUT2D eigenvalue weighted by Gasteiger charge is -2.10. The largest absolute Gasteiger partial charge is 0.480 e. The average molecular weight is 312 g/mol. The van der Waals surface area contributed by atoms with Crippen molar-refractivity contribution in [2.75, 3.05) is 0 Å². The fraction of sp³-hybridized carbons (Fsp3) is 0.538.